The Hall–Kier alpha value is -1.14. The molecule has 2 atom stereocenters. The van der Waals surface area contributed by atoms with E-state index in [1.165, 1.54) is 7.11 Å². The number of ether oxygens (including phenoxy) is 2. The number of carbonyl (C=O) groups excluding carboxylic acids is 2. The van der Waals surface area contributed by atoms with Crippen LogP contribution in [0, 0.1) is 0 Å². The predicted octanol–water partition coefficient (Wildman–Crippen LogP) is -0.514. The largest absolute Gasteiger partial charge is 0.469 e. The number of hydrogen-bond acceptors (Lipinski definition) is 6. The molecule has 6 heteroatoms. The van der Waals surface area contributed by atoms with Gasteiger partial charge < -0.3 is 9.47 Å². The first-order valence-corrected chi connectivity index (χ1v) is 4.36. The summed E-state index contributed by atoms with van der Waals surface area (Å²) >= 11 is 0. The second kappa shape index (κ2) is 3.21. The van der Waals surface area contributed by atoms with Crippen molar-refractivity contribution in [3.05, 3.63) is 0 Å². The number of carbonyl (C=O) groups is 2. The van der Waals surface area contributed by atoms with Crippen molar-refractivity contribution in [2.45, 2.75) is 31.1 Å². The highest BCUT2D eigenvalue weighted by molar-refractivity contribution is 5.74. The van der Waals surface area contributed by atoms with E-state index in [2.05, 4.69) is 10.2 Å². The summed E-state index contributed by atoms with van der Waals surface area (Å²) in [7, 11) is 1.28. The number of fused-ring (bicyclic) bond motifs is 2. The molecule has 0 aromatic rings. The van der Waals surface area contributed by atoms with Crippen molar-refractivity contribution in [2.75, 3.05) is 7.11 Å². The first-order chi connectivity index (χ1) is 6.63. The maximum Gasteiger partial charge on any atom is 0.312 e. The van der Waals surface area contributed by atoms with E-state index in [-0.39, 0.29) is 24.9 Å². The monoisotopic (exact) mass is 201 g/mol. The van der Waals surface area contributed by atoms with Gasteiger partial charge in [-0.2, -0.15) is 5.48 Å². The fourth-order valence-corrected chi connectivity index (χ4v) is 1.71. The third-order valence-electron chi connectivity index (χ3n) is 2.32. The Labute approximate surface area is 80.4 Å². The van der Waals surface area contributed by atoms with Gasteiger partial charge in [-0.25, -0.2) is 0 Å². The average molecular weight is 201 g/mol. The predicted molar refractivity (Wildman–Crippen MR) is 42.7 cm³/mol. The molecule has 2 rings (SSSR count). The number of nitrogens with one attached hydrogen (secondary N) is 1. The standard InChI is InChI=1S/C8H11NO5/c1-12-7(11)4-8-3-5(9-14-8)2-6(10)13-8/h5,9H,2-4H2,1H3/t5-,8+/m0/s1. The molecule has 0 amide bonds. The third-order valence-corrected chi connectivity index (χ3v) is 2.32. The summed E-state index contributed by atoms with van der Waals surface area (Å²) in [5.41, 5.74) is 2.67. The summed E-state index contributed by atoms with van der Waals surface area (Å²) in [6.07, 6.45) is 0.704. The van der Waals surface area contributed by atoms with Crippen LogP contribution in [0.25, 0.3) is 0 Å². The molecule has 0 saturated carbocycles. The third kappa shape index (κ3) is 1.58. The van der Waals surface area contributed by atoms with Crippen molar-refractivity contribution >= 4 is 11.9 Å². The first-order valence-electron chi connectivity index (χ1n) is 4.36. The summed E-state index contributed by atoms with van der Waals surface area (Å²) < 4.78 is 9.51. The summed E-state index contributed by atoms with van der Waals surface area (Å²) in [4.78, 5) is 27.3. The van der Waals surface area contributed by atoms with Crippen LogP contribution in [0.2, 0.25) is 0 Å². The van der Waals surface area contributed by atoms with Crippen molar-refractivity contribution in [3.63, 3.8) is 0 Å². The molecule has 2 bridgehead atoms. The van der Waals surface area contributed by atoms with Crippen LogP contribution in [-0.2, 0) is 23.9 Å². The molecule has 2 aliphatic rings. The van der Waals surface area contributed by atoms with E-state index in [0.29, 0.717) is 6.42 Å². The SMILES string of the molecule is COC(=O)C[C@]12C[C@H](CC(=O)O1)NO2. The summed E-state index contributed by atoms with van der Waals surface area (Å²) in [5.74, 6) is -1.95. The normalized spacial score (nSPS) is 35.2. The molecule has 2 fully saturated rings. The zero-order valence-corrected chi connectivity index (χ0v) is 7.74. The molecule has 0 unspecified atom stereocenters. The number of hydrogen-bond donors (Lipinski definition) is 1. The molecular weight excluding hydrogens is 190 g/mol. The van der Waals surface area contributed by atoms with Gasteiger partial charge in [0.2, 0.25) is 5.79 Å². The van der Waals surface area contributed by atoms with Crippen LogP contribution in [0.3, 0.4) is 0 Å². The molecule has 2 saturated heterocycles. The van der Waals surface area contributed by atoms with Crippen LogP contribution in [0.15, 0.2) is 0 Å². The lowest BCUT2D eigenvalue weighted by Gasteiger charge is -2.28. The first kappa shape index (κ1) is 9.42. The van der Waals surface area contributed by atoms with Crippen molar-refractivity contribution in [1.29, 1.82) is 0 Å². The molecule has 0 spiro atoms. The molecular formula is C8H11NO5. The van der Waals surface area contributed by atoms with Crippen LogP contribution in [0.4, 0.5) is 0 Å². The van der Waals surface area contributed by atoms with E-state index in [1.807, 2.05) is 0 Å². The van der Waals surface area contributed by atoms with Gasteiger partial charge in [-0.3, -0.25) is 14.4 Å². The van der Waals surface area contributed by atoms with Gasteiger partial charge in [0.1, 0.15) is 6.42 Å². The van der Waals surface area contributed by atoms with Gasteiger partial charge in [-0.1, -0.05) is 0 Å². The number of hydroxylamine groups is 1. The van der Waals surface area contributed by atoms with Crippen LogP contribution in [-0.4, -0.2) is 30.9 Å². The van der Waals surface area contributed by atoms with Gasteiger partial charge in [-0.15, -0.1) is 0 Å². The Morgan fingerprint density at radius 1 is 1.79 bits per heavy atom. The van der Waals surface area contributed by atoms with E-state index in [0.717, 1.165) is 0 Å². The summed E-state index contributed by atoms with van der Waals surface area (Å²) in [6, 6.07) is -0.0547. The van der Waals surface area contributed by atoms with Crippen molar-refractivity contribution in [2.24, 2.45) is 0 Å². The topological polar surface area (TPSA) is 73.9 Å². The zero-order valence-electron chi connectivity index (χ0n) is 7.74. The molecule has 2 heterocycles. The van der Waals surface area contributed by atoms with Gasteiger partial charge in [0.25, 0.3) is 0 Å². The second-order valence-corrected chi connectivity index (χ2v) is 3.46. The number of methoxy groups -OCH3 is 1. The lowest BCUT2D eigenvalue weighted by atomic mass is 10.00. The van der Waals surface area contributed by atoms with Crippen molar-refractivity contribution in [3.8, 4) is 0 Å². The van der Waals surface area contributed by atoms with Gasteiger partial charge in [0, 0.05) is 12.5 Å². The highest BCUT2D eigenvalue weighted by Crippen LogP contribution is 2.35. The number of rotatable bonds is 2. The van der Waals surface area contributed by atoms with Gasteiger partial charge >= 0.3 is 11.9 Å². The maximum absolute atomic E-state index is 11.1. The molecule has 14 heavy (non-hydrogen) atoms. The average Bonchev–Trinajstić information content (AvgIpc) is 2.41. The molecule has 0 aliphatic carbocycles. The highest BCUT2D eigenvalue weighted by Gasteiger charge is 2.50. The van der Waals surface area contributed by atoms with E-state index < -0.39 is 11.8 Å². The fourth-order valence-electron chi connectivity index (χ4n) is 1.71. The Morgan fingerprint density at radius 2 is 2.57 bits per heavy atom. The minimum atomic E-state index is -1.15. The van der Waals surface area contributed by atoms with Gasteiger partial charge in [0.05, 0.1) is 13.5 Å². The van der Waals surface area contributed by atoms with Crippen molar-refractivity contribution < 1.29 is 23.9 Å². The molecule has 6 nitrogen and oxygen atoms in total. The smallest absolute Gasteiger partial charge is 0.312 e. The molecule has 2 aliphatic heterocycles. The molecule has 0 aromatic heterocycles. The molecule has 0 aromatic carbocycles. The molecule has 1 N–H and O–H groups in total. The Kier molecular flexibility index (Phi) is 2.16. The maximum atomic E-state index is 11.1. The van der Waals surface area contributed by atoms with Gasteiger partial charge in [-0.05, 0) is 0 Å². The second-order valence-electron chi connectivity index (χ2n) is 3.46. The van der Waals surface area contributed by atoms with Gasteiger partial charge in [0.15, 0.2) is 0 Å². The molecule has 0 radical (unpaired) electrons. The van der Waals surface area contributed by atoms with Crippen LogP contribution in [0.1, 0.15) is 19.3 Å². The van der Waals surface area contributed by atoms with E-state index in [9.17, 15) is 9.59 Å². The fraction of sp³-hybridized carbons (Fsp3) is 0.750. The van der Waals surface area contributed by atoms with Crippen LogP contribution >= 0.6 is 0 Å². The lowest BCUT2D eigenvalue weighted by molar-refractivity contribution is -0.232. The van der Waals surface area contributed by atoms with Crippen molar-refractivity contribution in [1.82, 2.24) is 5.48 Å². The zero-order chi connectivity index (χ0) is 10.2. The Balaban J connectivity index is 2.07. The minimum Gasteiger partial charge on any atom is -0.469 e. The highest BCUT2D eigenvalue weighted by atomic mass is 16.8. The quantitative estimate of drug-likeness (QED) is 0.606. The lowest BCUT2D eigenvalue weighted by Crippen LogP contribution is -2.40. The summed E-state index contributed by atoms with van der Waals surface area (Å²) in [6.45, 7) is 0. The Morgan fingerprint density at radius 3 is 3.29 bits per heavy atom. The summed E-state index contributed by atoms with van der Waals surface area (Å²) in [5, 5.41) is 0. The van der Waals surface area contributed by atoms with Crippen LogP contribution in [0.5, 0.6) is 0 Å². The van der Waals surface area contributed by atoms with E-state index in [4.69, 9.17) is 9.57 Å². The van der Waals surface area contributed by atoms with E-state index in [1.54, 1.807) is 0 Å². The Bertz CT molecular complexity index is 279. The van der Waals surface area contributed by atoms with Crippen LogP contribution < -0.4 is 5.48 Å². The minimum absolute atomic E-state index is 0.0547. The number of esters is 2. The molecule has 78 valence electrons. The van der Waals surface area contributed by atoms with E-state index >= 15 is 0 Å².